The molecule has 0 N–H and O–H groups in total. The largest absolute Gasteiger partial charge is 0.473 e. The molecule has 70 heavy (non-hydrogen) atoms. The Morgan fingerprint density at radius 2 is 0.371 bits per heavy atom. The second-order valence-electron chi connectivity index (χ2n) is 30.2. The molecule has 421 valence electrons. The summed E-state index contributed by atoms with van der Waals surface area (Å²) in [6.07, 6.45) is 0.684. The minimum atomic E-state index is -3.93. The molecule has 3 unspecified atom stereocenters. The summed E-state index contributed by atoms with van der Waals surface area (Å²) in [6.45, 7) is 84.0. The van der Waals surface area contributed by atoms with E-state index in [4.69, 9.17) is 49.4 Å². The van der Waals surface area contributed by atoms with Crippen LogP contribution in [0.15, 0.2) is 0 Å². The van der Waals surface area contributed by atoms with Crippen LogP contribution in [0.4, 0.5) is 0 Å². The van der Waals surface area contributed by atoms with Crippen LogP contribution in [-0.4, -0.2) is 135 Å². The Kier molecular flexibility index (Phi) is 25.4. The minimum Gasteiger partial charge on any atom is -0.417 e. The highest BCUT2D eigenvalue weighted by Crippen LogP contribution is 2.48. The average molecular weight is 1260 g/mol. The molecule has 0 aromatic carbocycles. The van der Waals surface area contributed by atoms with Crippen LogP contribution in [0.2, 0.25) is 232 Å². The first-order valence-electron chi connectivity index (χ1n) is 26.3. The van der Waals surface area contributed by atoms with Crippen molar-refractivity contribution in [3.63, 3.8) is 0 Å². The van der Waals surface area contributed by atoms with Crippen molar-refractivity contribution >= 4 is 135 Å². The van der Waals surface area contributed by atoms with Gasteiger partial charge in [-0.3, -0.25) is 0 Å². The Hall–Kier alpha value is 2.99. The molecule has 0 aromatic heterocycles. The van der Waals surface area contributed by atoms with Crippen molar-refractivity contribution in [3.05, 3.63) is 6.04 Å². The zero-order valence-electron chi connectivity index (χ0n) is 52.9. The smallest absolute Gasteiger partial charge is 0.417 e. The summed E-state index contributed by atoms with van der Waals surface area (Å²) >= 11 is 0. The SMILES string of the molecule is CC[CH][Si](O[Si](C)(C)C(C)[Si](O[Si](C)(C)C)(O[Si](C)(C)C)O[Si](C)(C)C)(O[Si](C)(C)C(C)[Si](O[Si](C)(C)C)(O[Si](C)(C)C)O[Si](C)(C)C)O[Si](C)(C)C(C)[Si](O[Si](C)(C)C)(O[Si](C)(C)C)O[Si](C)(C)C. The lowest BCUT2D eigenvalue weighted by Crippen LogP contribution is -2.73. The van der Waals surface area contributed by atoms with Gasteiger partial charge in [0.15, 0.2) is 99.8 Å². The van der Waals surface area contributed by atoms with E-state index in [9.17, 15) is 0 Å². The van der Waals surface area contributed by atoms with Crippen molar-refractivity contribution in [2.75, 3.05) is 0 Å². The van der Waals surface area contributed by atoms with Crippen LogP contribution < -0.4 is 0 Å². The Bertz CT molecular complexity index is 1330. The van der Waals surface area contributed by atoms with Gasteiger partial charge in [-0.15, -0.1) is 0 Å². The summed E-state index contributed by atoms with van der Waals surface area (Å²) in [5.41, 5.74) is 0. The van der Waals surface area contributed by atoms with Gasteiger partial charge >= 0.3 is 35.2 Å². The number of rotatable bonds is 32. The third kappa shape index (κ3) is 26.3. The fourth-order valence-electron chi connectivity index (χ4n) is 7.90. The minimum absolute atomic E-state index is 0.165. The van der Waals surface area contributed by atoms with Crippen LogP contribution in [0.1, 0.15) is 34.1 Å². The van der Waals surface area contributed by atoms with E-state index in [0.29, 0.717) is 6.42 Å². The van der Waals surface area contributed by atoms with Gasteiger partial charge in [0, 0.05) is 21.5 Å². The molecular weight excluding hydrogens is 1150 g/mol. The summed E-state index contributed by atoms with van der Waals surface area (Å²) < 4.78 is 91.9. The molecule has 28 heteroatoms. The molecule has 0 aliphatic carbocycles. The Labute approximate surface area is 452 Å². The fraction of sp³-hybridized carbons (Fsp3) is 0.976. The predicted molar refractivity (Wildman–Crippen MR) is 341 cm³/mol. The standard InChI is InChI=1S/C42H117O12Si16/c1-38-39-67(52-64(32,33)40(2)68(43-55(5,6)7,44-56(8,9)10)45-57(11,12)13,53-65(34,35)41(3)69(46-58(14,15)16,47-59(17,18)19)48-60(20,21)22)54-66(36,37)42(4)70(49-61(23,24)25,50-62(26,27)28)51-63(29,30)31/h39-42H,38H2,1-37H3. The molecule has 0 saturated carbocycles. The van der Waals surface area contributed by atoms with Gasteiger partial charge in [0.1, 0.15) is 0 Å². The molecule has 0 aromatic rings. The third-order valence-electron chi connectivity index (χ3n) is 10.4. The summed E-state index contributed by atoms with van der Waals surface area (Å²) in [5.74, 6) is 0. The van der Waals surface area contributed by atoms with Crippen molar-refractivity contribution < 1.29 is 49.4 Å². The summed E-state index contributed by atoms with van der Waals surface area (Å²) in [5, 5.41) is -0.494. The lowest BCUT2D eigenvalue weighted by Gasteiger charge is -2.54. The van der Waals surface area contributed by atoms with E-state index in [1.165, 1.54) is 0 Å². The molecule has 0 bridgehead atoms. The van der Waals surface area contributed by atoms with E-state index in [2.05, 4.69) is 250 Å². The van der Waals surface area contributed by atoms with Gasteiger partial charge in [-0.1, -0.05) is 27.7 Å². The molecule has 12 nitrogen and oxygen atoms in total. The second kappa shape index (κ2) is 24.4. The van der Waals surface area contributed by atoms with Crippen LogP contribution in [-0.2, 0) is 49.4 Å². The molecule has 0 amide bonds. The van der Waals surface area contributed by atoms with E-state index in [-0.39, 0.29) is 15.5 Å². The normalized spacial score (nSPS) is 18.0. The maximum atomic E-state index is 8.21. The van der Waals surface area contributed by atoms with Gasteiger partial charge < -0.3 is 49.4 Å². The van der Waals surface area contributed by atoms with Crippen LogP contribution in [0.3, 0.4) is 0 Å². The first-order chi connectivity index (χ1) is 30.0. The molecule has 0 rings (SSSR count). The van der Waals surface area contributed by atoms with Crippen LogP contribution >= 0.6 is 0 Å². The Morgan fingerprint density at radius 1 is 0.243 bits per heavy atom. The third-order valence-corrected chi connectivity index (χ3v) is 72.2. The van der Waals surface area contributed by atoms with E-state index in [1.54, 1.807) is 0 Å². The molecule has 3 atom stereocenters. The lowest BCUT2D eigenvalue weighted by molar-refractivity contribution is 0.225. The van der Waals surface area contributed by atoms with Gasteiger partial charge in [0.25, 0.3) is 0 Å². The first-order valence-corrected chi connectivity index (χ1v) is 73.1. The molecule has 0 spiro atoms. The zero-order valence-corrected chi connectivity index (χ0v) is 68.9. The zero-order chi connectivity index (χ0) is 56.6. The Morgan fingerprint density at radius 3 is 0.471 bits per heavy atom. The van der Waals surface area contributed by atoms with Crippen molar-refractivity contribution in [3.8, 4) is 0 Å². The average Bonchev–Trinajstić information content (AvgIpc) is 2.95. The molecule has 0 saturated heterocycles. The molecule has 1 radical (unpaired) electrons. The fourth-order valence-corrected chi connectivity index (χ4v) is 80.5. The lowest BCUT2D eigenvalue weighted by atomic mass is 10.6. The van der Waals surface area contributed by atoms with Crippen LogP contribution in [0.25, 0.3) is 0 Å². The number of hydrogen-bond donors (Lipinski definition) is 0. The highest BCUT2D eigenvalue weighted by molar-refractivity contribution is 7.05. The first kappa shape index (κ1) is 73.0. The molecule has 0 fully saturated rings. The van der Waals surface area contributed by atoms with Crippen LogP contribution in [0, 0.1) is 6.04 Å². The molecule has 0 aliphatic rings. The quantitative estimate of drug-likeness (QED) is 0.0598. The van der Waals surface area contributed by atoms with Crippen molar-refractivity contribution in [1.82, 2.24) is 0 Å². The maximum Gasteiger partial charge on any atom is 0.473 e. The van der Waals surface area contributed by atoms with Crippen molar-refractivity contribution in [2.45, 2.75) is 266 Å². The monoisotopic (exact) mass is 1260 g/mol. The highest BCUT2D eigenvalue weighted by Gasteiger charge is 2.68. The maximum absolute atomic E-state index is 8.21. The van der Waals surface area contributed by atoms with Gasteiger partial charge in [-0.25, -0.2) is 0 Å². The van der Waals surface area contributed by atoms with E-state index >= 15 is 0 Å². The summed E-state index contributed by atoms with van der Waals surface area (Å²) in [4.78, 5) is 0. The van der Waals surface area contributed by atoms with Gasteiger partial charge in [-0.05, 0) is 222 Å². The predicted octanol–water partition coefficient (Wildman–Crippen LogP) is 16.0. The van der Waals surface area contributed by atoms with Gasteiger partial charge in [-0.2, -0.15) is 0 Å². The molecular formula is C42H117O12Si16. The summed E-state index contributed by atoms with van der Waals surface area (Å²) in [6, 6.07) is 2.29. The topological polar surface area (TPSA) is 111 Å². The molecule has 0 heterocycles. The Balaban J connectivity index is 9.11. The van der Waals surface area contributed by atoms with Gasteiger partial charge in [0.05, 0.1) is 0 Å². The van der Waals surface area contributed by atoms with Crippen molar-refractivity contribution in [1.29, 1.82) is 0 Å². The van der Waals surface area contributed by atoms with Gasteiger partial charge in [0.2, 0.25) is 0 Å². The number of hydrogen-bond acceptors (Lipinski definition) is 12. The van der Waals surface area contributed by atoms with Crippen molar-refractivity contribution in [2.24, 2.45) is 0 Å². The van der Waals surface area contributed by atoms with Crippen LogP contribution in [0.5, 0.6) is 0 Å². The molecule has 0 aliphatic heterocycles. The highest BCUT2D eigenvalue weighted by atomic mass is 28.6. The summed E-state index contributed by atoms with van der Waals surface area (Å²) in [7, 11) is -43.8. The second-order valence-corrected chi connectivity index (χ2v) is 99.8. The van der Waals surface area contributed by atoms with E-state index in [1.807, 2.05) is 0 Å². The van der Waals surface area contributed by atoms with E-state index in [0.717, 1.165) is 0 Å². The van der Waals surface area contributed by atoms with E-state index < -0.39 is 135 Å².